The number of hydrogen-bond donors (Lipinski definition) is 0. The molecule has 2 aliphatic rings. The zero-order valence-corrected chi connectivity index (χ0v) is 8.26. The first-order chi connectivity index (χ1) is 7.20. The van der Waals surface area contributed by atoms with Gasteiger partial charge in [-0.05, 0) is 19.3 Å². The number of fused-ring (bicyclic) bond motifs is 2. The van der Waals surface area contributed by atoms with Crippen molar-refractivity contribution < 1.29 is 24.2 Å². The van der Waals surface area contributed by atoms with Gasteiger partial charge in [-0.25, -0.2) is 0 Å². The summed E-state index contributed by atoms with van der Waals surface area (Å²) in [6.07, 6.45) is 2.40. The van der Waals surface area contributed by atoms with Gasteiger partial charge in [0.1, 0.15) is 12.9 Å². The van der Waals surface area contributed by atoms with E-state index in [1.54, 1.807) is 0 Å². The minimum absolute atomic E-state index is 0.107. The Morgan fingerprint density at radius 2 is 2.33 bits per heavy atom. The summed E-state index contributed by atoms with van der Waals surface area (Å²) in [7, 11) is 0. The summed E-state index contributed by atoms with van der Waals surface area (Å²) in [6.45, 7) is -0.108. The molecular formula is C10H13O5. The van der Waals surface area contributed by atoms with Gasteiger partial charge in [-0.1, -0.05) is 0 Å². The summed E-state index contributed by atoms with van der Waals surface area (Å²) < 4.78 is 9.93. The molecule has 0 amide bonds. The van der Waals surface area contributed by atoms with Crippen LogP contribution < -0.4 is 0 Å². The van der Waals surface area contributed by atoms with Crippen LogP contribution in [-0.2, 0) is 19.4 Å². The summed E-state index contributed by atoms with van der Waals surface area (Å²) >= 11 is 0. The Hall–Kier alpha value is -1.10. The number of ether oxygens (including phenoxy) is 2. The van der Waals surface area contributed by atoms with Crippen molar-refractivity contribution in [2.24, 2.45) is 11.8 Å². The highest BCUT2D eigenvalue weighted by atomic mass is 16.7. The highest BCUT2D eigenvalue weighted by Gasteiger charge is 2.44. The maximum absolute atomic E-state index is 10.8. The molecule has 2 fully saturated rings. The molecule has 5 nitrogen and oxygen atoms in total. The first kappa shape index (κ1) is 10.4. The molecule has 83 valence electrons. The van der Waals surface area contributed by atoms with Gasteiger partial charge in [0.15, 0.2) is 0 Å². The van der Waals surface area contributed by atoms with Crippen LogP contribution in [0.15, 0.2) is 0 Å². The Labute approximate surface area is 87.4 Å². The molecule has 0 aromatic heterocycles. The molecule has 0 saturated carbocycles. The average molecular weight is 213 g/mol. The normalized spacial score (nSPS) is 35.1. The van der Waals surface area contributed by atoms with Crippen LogP contribution in [0.2, 0.25) is 0 Å². The number of hydrogen-bond acceptors (Lipinski definition) is 4. The molecule has 2 heterocycles. The second-order valence-corrected chi connectivity index (χ2v) is 4.13. The van der Waals surface area contributed by atoms with E-state index in [1.807, 2.05) is 0 Å². The van der Waals surface area contributed by atoms with Crippen LogP contribution in [0.3, 0.4) is 0 Å². The Kier molecular flexibility index (Phi) is 2.90. The molecule has 2 saturated heterocycles. The predicted molar refractivity (Wildman–Crippen MR) is 47.6 cm³/mol. The van der Waals surface area contributed by atoms with Crippen molar-refractivity contribution in [3.05, 3.63) is 0 Å². The van der Waals surface area contributed by atoms with E-state index in [1.165, 1.54) is 0 Å². The zero-order chi connectivity index (χ0) is 10.8. The molecular weight excluding hydrogens is 200 g/mol. The second-order valence-electron chi connectivity index (χ2n) is 4.13. The molecule has 2 aliphatic heterocycles. The van der Waals surface area contributed by atoms with Crippen LogP contribution in [0.1, 0.15) is 19.3 Å². The lowest BCUT2D eigenvalue weighted by atomic mass is 9.81. The Morgan fingerprint density at radius 1 is 1.53 bits per heavy atom. The maximum atomic E-state index is 10.8. The Balaban J connectivity index is 1.89. The van der Waals surface area contributed by atoms with Crippen LogP contribution in [-0.4, -0.2) is 31.3 Å². The first-order valence-electron chi connectivity index (χ1n) is 5.15. The molecule has 0 aliphatic carbocycles. The van der Waals surface area contributed by atoms with Crippen LogP contribution in [0.5, 0.6) is 0 Å². The molecule has 4 unspecified atom stereocenters. The lowest BCUT2D eigenvalue weighted by molar-refractivity contribution is -0.115. The molecule has 0 aromatic rings. The molecule has 0 spiro atoms. The third-order valence-electron chi connectivity index (χ3n) is 3.27. The summed E-state index contributed by atoms with van der Waals surface area (Å²) in [6, 6.07) is 0. The summed E-state index contributed by atoms with van der Waals surface area (Å²) in [5.41, 5.74) is 0. The van der Waals surface area contributed by atoms with E-state index in [4.69, 9.17) is 4.74 Å². The van der Waals surface area contributed by atoms with E-state index in [2.05, 4.69) is 4.74 Å². The van der Waals surface area contributed by atoms with E-state index in [0.717, 1.165) is 25.5 Å². The van der Waals surface area contributed by atoms with Crippen molar-refractivity contribution in [2.45, 2.75) is 31.5 Å². The number of carbonyl (C=O) groups is 2. The molecule has 5 heteroatoms. The van der Waals surface area contributed by atoms with E-state index >= 15 is 0 Å². The lowest BCUT2D eigenvalue weighted by Gasteiger charge is -2.23. The molecule has 1 radical (unpaired) electrons. The van der Waals surface area contributed by atoms with Gasteiger partial charge < -0.3 is 14.3 Å². The van der Waals surface area contributed by atoms with E-state index < -0.39 is 12.1 Å². The molecule has 0 aromatic carbocycles. The summed E-state index contributed by atoms with van der Waals surface area (Å²) in [5.74, 6) is -0.279. The zero-order valence-electron chi connectivity index (χ0n) is 8.26. The van der Waals surface area contributed by atoms with E-state index in [-0.39, 0.29) is 24.7 Å². The highest BCUT2D eigenvalue weighted by molar-refractivity contribution is 5.58. The number of rotatable bonds is 4. The van der Waals surface area contributed by atoms with Crippen molar-refractivity contribution in [2.75, 3.05) is 6.61 Å². The monoisotopic (exact) mass is 213 g/mol. The third kappa shape index (κ3) is 2.12. The maximum Gasteiger partial charge on any atom is 0.550 e. The van der Waals surface area contributed by atoms with Gasteiger partial charge in [0.05, 0.1) is 18.1 Å². The predicted octanol–water partition coefficient (Wildman–Crippen LogP) is 0.936. The number of carbonyl (C=O) groups excluding carboxylic acids is 2. The van der Waals surface area contributed by atoms with Gasteiger partial charge in [-0.2, -0.15) is 9.90 Å². The smallest absolute Gasteiger partial charge is 0.431 e. The van der Waals surface area contributed by atoms with Gasteiger partial charge in [0, 0.05) is 5.92 Å². The molecule has 2 rings (SSSR count). The Bertz CT molecular complexity index is 265. The largest absolute Gasteiger partial charge is 0.550 e. The Morgan fingerprint density at radius 3 is 2.80 bits per heavy atom. The van der Waals surface area contributed by atoms with Gasteiger partial charge >= 0.3 is 6.16 Å². The highest BCUT2D eigenvalue weighted by Crippen LogP contribution is 2.41. The SMILES string of the molecule is [O]C(=O)OCC(C=O)C1CC2CCC1O2. The molecule has 4 atom stereocenters. The van der Waals surface area contributed by atoms with Crippen molar-refractivity contribution in [1.29, 1.82) is 0 Å². The van der Waals surface area contributed by atoms with Gasteiger partial charge in [-0.15, -0.1) is 0 Å². The van der Waals surface area contributed by atoms with Crippen LogP contribution in [0.4, 0.5) is 4.79 Å². The van der Waals surface area contributed by atoms with Crippen LogP contribution in [0.25, 0.3) is 0 Å². The molecule has 2 bridgehead atoms. The van der Waals surface area contributed by atoms with E-state index in [9.17, 15) is 14.7 Å². The minimum atomic E-state index is -1.58. The fraction of sp³-hybridized carbons (Fsp3) is 0.800. The third-order valence-corrected chi connectivity index (χ3v) is 3.27. The van der Waals surface area contributed by atoms with Crippen molar-refractivity contribution in [3.63, 3.8) is 0 Å². The van der Waals surface area contributed by atoms with Crippen molar-refractivity contribution >= 4 is 12.4 Å². The van der Waals surface area contributed by atoms with Crippen LogP contribution >= 0.6 is 0 Å². The van der Waals surface area contributed by atoms with Gasteiger partial charge in [-0.3, -0.25) is 0 Å². The quantitative estimate of drug-likeness (QED) is 0.514. The summed E-state index contributed by atoms with van der Waals surface area (Å²) in [4.78, 5) is 20.9. The average Bonchev–Trinajstić information content (AvgIpc) is 2.79. The molecule has 0 N–H and O–H groups in total. The summed E-state index contributed by atoms with van der Waals surface area (Å²) in [5, 5.41) is 10.1. The minimum Gasteiger partial charge on any atom is -0.431 e. The fourth-order valence-electron chi connectivity index (χ4n) is 2.56. The molecule has 15 heavy (non-hydrogen) atoms. The standard InChI is InChI=1S/C10H13O5/c11-4-6(5-14-10(12)13)8-3-7-1-2-9(8)15-7/h4,6-9H,1-3,5H2. The van der Waals surface area contributed by atoms with Gasteiger partial charge in [0.25, 0.3) is 0 Å². The van der Waals surface area contributed by atoms with Gasteiger partial charge in [0.2, 0.25) is 0 Å². The van der Waals surface area contributed by atoms with E-state index in [0.29, 0.717) is 0 Å². The number of aldehydes is 1. The fourth-order valence-corrected chi connectivity index (χ4v) is 2.56. The second kappa shape index (κ2) is 4.18. The lowest BCUT2D eigenvalue weighted by Crippen LogP contribution is -2.30. The van der Waals surface area contributed by atoms with Crippen LogP contribution in [0, 0.1) is 11.8 Å². The van der Waals surface area contributed by atoms with Crippen molar-refractivity contribution in [3.8, 4) is 0 Å². The topological polar surface area (TPSA) is 72.5 Å². The van der Waals surface area contributed by atoms with Crippen molar-refractivity contribution in [1.82, 2.24) is 0 Å². The first-order valence-corrected chi connectivity index (χ1v) is 5.15.